The molecule has 1 aromatic carbocycles. The molecule has 1 spiro atoms. The van der Waals surface area contributed by atoms with Crippen molar-refractivity contribution < 1.29 is 14.0 Å². The van der Waals surface area contributed by atoms with Gasteiger partial charge in [-0.1, -0.05) is 18.2 Å². The minimum Gasteiger partial charge on any atom is -0.338 e. The molecule has 0 saturated carbocycles. The first-order valence-electron chi connectivity index (χ1n) is 8.71. The summed E-state index contributed by atoms with van der Waals surface area (Å²) in [6, 6.07) is 6.13. The lowest BCUT2D eigenvalue weighted by Crippen LogP contribution is -2.50. The van der Waals surface area contributed by atoms with E-state index in [0.29, 0.717) is 39.1 Å². The van der Waals surface area contributed by atoms with E-state index in [-0.39, 0.29) is 17.8 Å². The lowest BCUT2D eigenvalue weighted by molar-refractivity contribution is -0.146. The third-order valence-electron chi connectivity index (χ3n) is 5.15. The van der Waals surface area contributed by atoms with E-state index in [4.69, 9.17) is 0 Å². The van der Waals surface area contributed by atoms with Gasteiger partial charge in [0.05, 0.1) is 5.41 Å². The van der Waals surface area contributed by atoms with Gasteiger partial charge in [0.1, 0.15) is 5.82 Å². The van der Waals surface area contributed by atoms with Crippen LogP contribution in [0.3, 0.4) is 0 Å². The molecule has 0 radical (unpaired) electrons. The average molecular weight is 345 g/mol. The topological polar surface area (TPSA) is 52.7 Å². The van der Waals surface area contributed by atoms with Crippen molar-refractivity contribution in [2.45, 2.75) is 25.8 Å². The molecule has 0 aromatic heterocycles. The summed E-state index contributed by atoms with van der Waals surface area (Å²) in [5, 5.41) is 2.78. The lowest BCUT2D eigenvalue weighted by Gasteiger charge is -2.39. The van der Waals surface area contributed by atoms with Crippen LogP contribution in [0.4, 0.5) is 9.18 Å². The second kappa shape index (κ2) is 7.25. The van der Waals surface area contributed by atoms with Crippen LogP contribution in [-0.4, -0.2) is 47.9 Å². The van der Waals surface area contributed by atoms with E-state index in [2.05, 4.69) is 11.9 Å². The van der Waals surface area contributed by atoms with Gasteiger partial charge in [-0.15, -0.1) is 6.58 Å². The second-order valence-corrected chi connectivity index (χ2v) is 6.88. The molecule has 1 N–H and O–H groups in total. The number of benzene rings is 1. The van der Waals surface area contributed by atoms with Gasteiger partial charge in [-0.3, -0.25) is 4.79 Å². The van der Waals surface area contributed by atoms with Crippen LogP contribution in [0.2, 0.25) is 0 Å². The van der Waals surface area contributed by atoms with E-state index in [1.54, 1.807) is 23.1 Å². The molecule has 0 aliphatic carbocycles. The fourth-order valence-electron chi connectivity index (χ4n) is 3.81. The molecular formula is C19H24FN3O2. The minimum atomic E-state index is -0.468. The predicted molar refractivity (Wildman–Crippen MR) is 93.3 cm³/mol. The first-order valence-corrected chi connectivity index (χ1v) is 8.71. The number of halogens is 1. The van der Waals surface area contributed by atoms with Gasteiger partial charge in [-0.25, -0.2) is 9.18 Å². The SMILES string of the molecule is C=CCNC(=O)N1CCC2(CCCN(Cc3ccc(F)cc3)C2=O)C1. The Morgan fingerprint density at radius 2 is 2.04 bits per heavy atom. The molecule has 1 aromatic rings. The number of urea groups is 1. The summed E-state index contributed by atoms with van der Waals surface area (Å²) in [5.41, 5.74) is 0.453. The number of likely N-dealkylation sites (tertiary alicyclic amines) is 2. The Bertz CT molecular complexity index is 661. The van der Waals surface area contributed by atoms with Crippen LogP contribution in [0.1, 0.15) is 24.8 Å². The Morgan fingerprint density at radius 3 is 2.76 bits per heavy atom. The number of piperidine rings is 1. The molecule has 1 atom stereocenters. The first-order chi connectivity index (χ1) is 12.0. The lowest BCUT2D eigenvalue weighted by atomic mass is 9.78. The number of hydrogen-bond donors (Lipinski definition) is 1. The predicted octanol–water partition coefficient (Wildman–Crippen LogP) is 2.54. The zero-order valence-electron chi connectivity index (χ0n) is 14.3. The summed E-state index contributed by atoms with van der Waals surface area (Å²) < 4.78 is 13.1. The van der Waals surface area contributed by atoms with Crippen molar-refractivity contribution in [3.8, 4) is 0 Å². The first kappa shape index (κ1) is 17.5. The maximum Gasteiger partial charge on any atom is 0.317 e. The molecule has 25 heavy (non-hydrogen) atoms. The molecule has 3 rings (SSSR count). The van der Waals surface area contributed by atoms with Crippen LogP contribution in [0, 0.1) is 11.2 Å². The zero-order chi connectivity index (χ0) is 17.9. The third kappa shape index (κ3) is 3.67. The van der Waals surface area contributed by atoms with E-state index < -0.39 is 5.41 Å². The van der Waals surface area contributed by atoms with Gasteiger partial charge in [0.2, 0.25) is 5.91 Å². The molecule has 6 heteroatoms. The zero-order valence-corrected chi connectivity index (χ0v) is 14.3. The fourth-order valence-corrected chi connectivity index (χ4v) is 3.81. The van der Waals surface area contributed by atoms with Crippen LogP contribution >= 0.6 is 0 Å². The van der Waals surface area contributed by atoms with E-state index in [0.717, 1.165) is 18.4 Å². The van der Waals surface area contributed by atoms with Crippen LogP contribution in [0.5, 0.6) is 0 Å². The number of carbonyl (C=O) groups is 2. The summed E-state index contributed by atoms with van der Waals surface area (Å²) in [5.74, 6) is -0.163. The number of carbonyl (C=O) groups excluding carboxylic acids is 2. The standard InChI is InChI=1S/C19H24FN3O2/c1-2-10-21-18(25)23-12-9-19(14-23)8-3-11-22(17(19)24)13-15-4-6-16(20)7-5-15/h2,4-7H,1,3,8-14H2,(H,21,25). The molecule has 5 nitrogen and oxygen atoms in total. The summed E-state index contributed by atoms with van der Waals surface area (Å²) in [6.45, 7) is 6.28. The van der Waals surface area contributed by atoms with Gasteiger partial charge >= 0.3 is 6.03 Å². The molecule has 3 amide bonds. The van der Waals surface area contributed by atoms with Crippen LogP contribution in [0.25, 0.3) is 0 Å². The molecule has 2 aliphatic heterocycles. The summed E-state index contributed by atoms with van der Waals surface area (Å²) in [6.07, 6.45) is 4.08. The van der Waals surface area contributed by atoms with Gasteiger partial charge in [0.25, 0.3) is 0 Å². The normalized spacial score (nSPS) is 23.2. The maximum atomic E-state index is 13.1. The van der Waals surface area contributed by atoms with Gasteiger partial charge in [0.15, 0.2) is 0 Å². The van der Waals surface area contributed by atoms with Gasteiger partial charge in [0, 0.05) is 32.7 Å². The highest BCUT2D eigenvalue weighted by Crippen LogP contribution is 2.40. The van der Waals surface area contributed by atoms with Crippen molar-refractivity contribution in [2.24, 2.45) is 5.41 Å². The molecule has 2 saturated heterocycles. The molecular weight excluding hydrogens is 321 g/mol. The van der Waals surface area contributed by atoms with E-state index in [1.807, 2.05) is 4.90 Å². The number of amides is 3. The molecule has 2 fully saturated rings. The largest absolute Gasteiger partial charge is 0.338 e. The Labute approximate surface area is 147 Å². The van der Waals surface area contributed by atoms with Crippen molar-refractivity contribution in [1.82, 2.24) is 15.1 Å². The number of hydrogen-bond acceptors (Lipinski definition) is 2. The van der Waals surface area contributed by atoms with Crippen LogP contribution in [-0.2, 0) is 11.3 Å². The van der Waals surface area contributed by atoms with E-state index in [1.165, 1.54) is 12.1 Å². The van der Waals surface area contributed by atoms with Crippen LogP contribution in [0.15, 0.2) is 36.9 Å². The van der Waals surface area contributed by atoms with E-state index in [9.17, 15) is 14.0 Å². The van der Waals surface area contributed by atoms with Crippen molar-refractivity contribution in [3.63, 3.8) is 0 Å². The van der Waals surface area contributed by atoms with Crippen LogP contribution < -0.4 is 5.32 Å². The average Bonchev–Trinajstić information content (AvgIpc) is 3.04. The van der Waals surface area contributed by atoms with Crippen molar-refractivity contribution in [1.29, 1.82) is 0 Å². The Hall–Kier alpha value is -2.37. The summed E-state index contributed by atoms with van der Waals surface area (Å²) in [4.78, 5) is 28.8. The quantitative estimate of drug-likeness (QED) is 0.853. The van der Waals surface area contributed by atoms with Crippen molar-refractivity contribution >= 4 is 11.9 Å². The number of rotatable bonds is 4. The Balaban J connectivity index is 1.66. The molecule has 1 unspecified atom stereocenters. The van der Waals surface area contributed by atoms with Crippen molar-refractivity contribution in [3.05, 3.63) is 48.3 Å². The monoisotopic (exact) mass is 345 g/mol. The smallest absolute Gasteiger partial charge is 0.317 e. The number of nitrogens with zero attached hydrogens (tertiary/aromatic N) is 2. The highest BCUT2D eigenvalue weighted by atomic mass is 19.1. The Kier molecular flexibility index (Phi) is 5.06. The Morgan fingerprint density at radius 1 is 1.28 bits per heavy atom. The van der Waals surface area contributed by atoms with Gasteiger partial charge < -0.3 is 15.1 Å². The molecule has 0 bridgehead atoms. The van der Waals surface area contributed by atoms with Gasteiger partial charge in [-0.05, 0) is 37.0 Å². The molecule has 134 valence electrons. The molecule has 2 aliphatic rings. The highest BCUT2D eigenvalue weighted by Gasteiger charge is 2.49. The molecule has 2 heterocycles. The number of nitrogens with one attached hydrogen (secondary N) is 1. The van der Waals surface area contributed by atoms with Gasteiger partial charge in [-0.2, -0.15) is 0 Å². The second-order valence-electron chi connectivity index (χ2n) is 6.88. The fraction of sp³-hybridized carbons (Fsp3) is 0.474. The van der Waals surface area contributed by atoms with E-state index >= 15 is 0 Å². The summed E-state index contributed by atoms with van der Waals surface area (Å²) >= 11 is 0. The maximum absolute atomic E-state index is 13.1. The van der Waals surface area contributed by atoms with Crippen molar-refractivity contribution in [2.75, 3.05) is 26.2 Å². The minimum absolute atomic E-state index is 0.113. The summed E-state index contributed by atoms with van der Waals surface area (Å²) in [7, 11) is 0. The third-order valence-corrected chi connectivity index (χ3v) is 5.15. The highest BCUT2D eigenvalue weighted by molar-refractivity contribution is 5.85.